The van der Waals surface area contributed by atoms with Crippen LogP contribution in [0.2, 0.25) is 5.02 Å². The Bertz CT molecular complexity index is 915. The summed E-state index contributed by atoms with van der Waals surface area (Å²) < 4.78 is 8.39. The fourth-order valence-electron chi connectivity index (χ4n) is 2.04. The van der Waals surface area contributed by atoms with E-state index in [1.165, 1.54) is 30.2 Å². The van der Waals surface area contributed by atoms with Gasteiger partial charge in [-0.1, -0.05) is 11.6 Å². The van der Waals surface area contributed by atoms with Crippen molar-refractivity contribution in [2.75, 3.05) is 18.4 Å². The summed E-state index contributed by atoms with van der Waals surface area (Å²) in [5.41, 5.74) is 2.61. The van der Waals surface area contributed by atoms with E-state index >= 15 is 0 Å². The van der Waals surface area contributed by atoms with Crippen molar-refractivity contribution in [2.24, 2.45) is 4.99 Å². The van der Waals surface area contributed by atoms with Crippen LogP contribution in [0.5, 0.6) is 0 Å². The van der Waals surface area contributed by atoms with Gasteiger partial charge >= 0.3 is 5.97 Å². The number of carboxylic acids is 1. The predicted octanol–water partition coefficient (Wildman–Crippen LogP) is 2.50. The molecule has 0 aliphatic carbocycles. The third kappa shape index (κ3) is 4.20. The van der Waals surface area contributed by atoms with Gasteiger partial charge in [0.25, 0.3) is 0 Å². The Morgan fingerprint density at radius 3 is 2.84 bits per heavy atom. The van der Waals surface area contributed by atoms with Crippen LogP contribution in [0.4, 0.5) is 5.69 Å². The molecular formula is C15H13ClN6O2S. The predicted molar refractivity (Wildman–Crippen MR) is 97.5 cm³/mol. The molecular weight excluding hydrogens is 364 g/mol. The number of carboxylic acid groups (broad SMARTS) is 1. The minimum absolute atomic E-state index is 0.220. The lowest BCUT2D eigenvalue weighted by molar-refractivity contribution is 0.0696. The van der Waals surface area contributed by atoms with Gasteiger partial charge in [0.05, 0.1) is 34.5 Å². The van der Waals surface area contributed by atoms with Crippen LogP contribution in [0.15, 0.2) is 41.7 Å². The number of hydrogen-bond donors (Lipinski definition) is 3. The van der Waals surface area contributed by atoms with Crippen molar-refractivity contribution in [1.29, 1.82) is 0 Å². The van der Waals surface area contributed by atoms with Gasteiger partial charge in [0.2, 0.25) is 0 Å². The number of hydrogen-bond acceptors (Lipinski definition) is 8. The van der Waals surface area contributed by atoms with E-state index in [2.05, 4.69) is 29.4 Å². The van der Waals surface area contributed by atoms with E-state index in [4.69, 9.17) is 16.7 Å². The van der Waals surface area contributed by atoms with Crippen molar-refractivity contribution in [1.82, 2.24) is 19.0 Å². The molecule has 1 aliphatic heterocycles. The number of pyridine rings is 1. The van der Waals surface area contributed by atoms with Crippen LogP contribution in [0.3, 0.4) is 0 Å². The Balaban J connectivity index is 0.000000173. The van der Waals surface area contributed by atoms with Crippen LogP contribution in [-0.2, 0) is 0 Å². The van der Waals surface area contributed by atoms with Gasteiger partial charge in [-0.25, -0.2) is 4.79 Å². The highest BCUT2D eigenvalue weighted by molar-refractivity contribution is 7.00. The van der Waals surface area contributed by atoms with Gasteiger partial charge < -0.3 is 15.7 Å². The number of rotatable bonds is 2. The van der Waals surface area contributed by atoms with Crippen LogP contribution >= 0.6 is 23.3 Å². The zero-order valence-corrected chi connectivity index (χ0v) is 14.4. The van der Waals surface area contributed by atoms with E-state index < -0.39 is 5.97 Å². The summed E-state index contributed by atoms with van der Waals surface area (Å²) in [4.78, 5) is 18.0. The summed E-state index contributed by atoms with van der Waals surface area (Å²) in [6, 6.07) is 6.75. The first-order valence-corrected chi connectivity index (χ1v) is 8.35. The number of nitrogens with zero attached hydrogens (tertiary/aromatic N) is 4. The first-order chi connectivity index (χ1) is 12.1. The fraction of sp³-hybridized carbons (Fsp3) is 0.133. The first-order valence-electron chi connectivity index (χ1n) is 7.24. The quantitative estimate of drug-likeness (QED) is 0.629. The molecule has 0 fully saturated rings. The number of halogens is 1. The molecule has 1 aromatic carbocycles. The molecule has 4 rings (SSSR count). The van der Waals surface area contributed by atoms with Crippen LogP contribution in [0.25, 0.3) is 11.0 Å². The van der Waals surface area contributed by atoms with Gasteiger partial charge in [0, 0.05) is 18.9 Å². The third-order valence-electron chi connectivity index (χ3n) is 3.20. The second-order valence-electron chi connectivity index (χ2n) is 4.88. The summed E-state index contributed by atoms with van der Waals surface area (Å²) in [5.74, 6) is -0.203. The number of aromatic nitrogens is 3. The molecule has 0 saturated heterocycles. The number of guanidine groups is 1. The zero-order valence-electron chi connectivity index (χ0n) is 12.8. The van der Waals surface area contributed by atoms with E-state index in [-0.39, 0.29) is 5.56 Å². The standard InChI is InChI=1S/C9H8ClN5S.C6H5NO2/c10-5-1-2-6-8(15-16-14-6)7(5)13-9-11-3-4-12-9;8-6(9)5-2-1-3-7-4-5/h1-2H,3-4H2,(H2,11,12,13);1-4H,(H,8,9). The Kier molecular flexibility index (Phi) is 5.36. The van der Waals surface area contributed by atoms with Crippen molar-refractivity contribution in [3.63, 3.8) is 0 Å². The average molecular weight is 377 g/mol. The minimum atomic E-state index is -0.942. The summed E-state index contributed by atoms with van der Waals surface area (Å²) in [7, 11) is 0. The van der Waals surface area contributed by atoms with Crippen LogP contribution in [0.1, 0.15) is 10.4 Å². The molecule has 1 aliphatic rings. The summed E-state index contributed by atoms with van der Waals surface area (Å²) >= 11 is 7.30. The summed E-state index contributed by atoms with van der Waals surface area (Å²) in [6.45, 7) is 1.64. The molecule has 3 aromatic rings. The lowest BCUT2D eigenvalue weighted by Gasteiger charge is -2.08. The number of fused-ring (bicyclic) bond motifs is 1. The minimum Gasteiger partial charge on any atom is -0.478 e. The number of carbonyl (C=O) groups is 1. The monoisotopic (exact) mass is 376 g/mol. The molecule has 2 aromatic heterocycles. The fourth-order valence-corrected chi connectivity index (χ4v) is 2.78. The second kappa shape index (κ2) is 7.86. The van der Waals surface area contributed by atoms with E-state index in [1.54, 1.807) is 6.07 Å². The number of aliphatic imine (C=N–C) groups is 1. The van der Waals surface area contributed by atoms with Crippen molar-refractivity contribution in [3.8, 4) is 0 Å². The average Bonchev–Trinajstić information content (AvgIpc) is 3.30. The van der Waals surface area contributed by atoms with Gasteiger partial charge in [-0.15, -0.1) is 0 Å². The lowest BCUT2D eigenvalue weighted by Crippen LogP contribution is -2.26. The lowest BCUT2D eigenvalue weighted by atomic mass is 10.2. The molecule has 10 heteroatoms. The van der Waals surface area contributed by atoms with Crippen molar-refractivity contribution in [2.45, 2.75) is 0 Å². The second-order valence-corrected chi connectivity index (χ2v) is 5.82. The van der Waals surface area contributed by atoms with Crippen LogP contribution < -0.4 is 10.6 Å². The maximum Gasteiger partial charge on any atom is 0.337 e. The van der Waals surface area contributed by atoms with Gasteiger partial charge in [-0.3, -0.25) is 9.98 Å². The molecule has 0 bridgehead atoms. The maximum atomic E-state index is 10.2. The Labute approximate surface area is 151 Å². The summed E-state index contributed by atoms with van der Waals surface area (Å²) in [5, 5.41) is 15.2. The molecule has 3 N–H and O–H groups in total. The first kappa shape index (κ1) is 17.1. The van der Waals surface area contributed by atoms with Crippen molar-refractivity contribution < 1.29 is 9.90 Å². The molecule has 0 radical (unpaired) electrons. The normalized spacial score (nSPS) is 12.8. The van der Waals surface area contributed by atoms with Crippen LogP contribution in [-0.4, -0.2) is 43.9 Å². The molecule has 0 saturated carbocycles. The molecule has 0 spiro atoms. The van der Waals surface area contributed by atoms with Crippen molar-refractivity contribution >= 4 is 52.0 Å². The summed E-state index contributed by atoms with van der Waals surface area (Å²) in [6.07, 6.45) is 2.84. The Hall–Kier alpha value is -2.78. The van der Waals surface area contributed by atoms with Gasteiger partial charge in [-0.05, 0) is 24.3 Å². The number of aromatic carboxylic acids is 1. The van der Waals surface area contributed by atoms with Crippen LogP contribution in [0, 0.1) is 0 Å². The molecule has 8 nitrogen and oxygen atoms in total. The van der Waals surface area contributed by atoms with Gasteiger partial charge in [0.15, 0.2) is 5.96 Å². The van der Waals surface area contributed by atoms with E-state index in [1.807, 2.05) is 12.1 Å². The molecule has 128 valence electrons. The molecule has 3 heterocycles. The van der Waals surface area contributed by atoms with E-state index in [0.29, 0.717) is 5.02 Å². The van der Waals surface area contributed by atoms with E-state index in [0.717, 1.165) is 35.8 Å². The smallest absolute Gasteiger partial charge is 0.337 e. The topological polar surface area (TPSA) is 112 Å². The van der Waals surface area contributed by atoms with Gasteiger partial charge in [0.1, 0.15) is 11.0 Å². The zero-order chi connectivity index (χ0) is 17.6. The van der Waals surface area contributed by atoms with Gasteiger partial charge in [-0.2, -0.15) is 8.75 Å². The molecule has 0 unspecified atom stereocenters. The highest BCUT2D eigenvalue weighted by atomic mass is 35.5. The number of anilines is 1. The highest BCUT2D eigenvalue weighted by Gasteiger charge is 2.13. The molecule has 0 atom stereocenters. The third-order valence-corrected chi connectivity index (χ3v) is 4.06. The SMILES string of the molecule is Clc1ccc2nsnc2c1NC1=NCCN1.O=C(O)c1cccnc1. The largest absolute Gasteiger partial charge is 0.478 e. The maximum absolute atomic E-state index is 10.2. The molecule has 0 amide bonds. The molecule has 25 heavy (non-hydrogen) atoms. The van der Waals surface area contributed by atoms with E-state index in [9.17, 15) is 4.79 Å². The number of nitrogens with one attached hydrogen (secondary N) is 2. The Morgan fingerprint density at radius 1 is 1.32 bits per heavy atom. The highest BCUT2D eigenvalue weighted by Crippen LogP contribution is 2.29. The number of benzene rings is 1. The Morgan fingerprint density at radius 2 is 2.20 bits per heavy atom. The van der Waals surface area contributed by atoms with Crippen molar-refractivity contribution in [3.05, 3.63) is 47.2 Å².